The Balaban J connectivity index is 1.75. The van der Waals surface area contributed by atoms with E-state index in [1.165, 1.54) is 0 Å². The van der Waals surface area contributed by atoms with E-state index in [0.29, 0.717) is 24.4 Å². The predicted octanol–water partition coefficient (Wildman–Crippen LogP) is 2.04. The Kier molecular flexibility index (Phi) is 3.80. The van der Waals surface area contributed by atoms with Crippen molar-refractivity contribution in [3.8, 4) is 11.3 Å². The molecule has 4 rings (SSSR count). The highest BCUT2D eigenvalue weighted by Gasteiger charge is 2.12. The lowest BCUT2D eigenvalue weighted by molar-refractivity contribution is -0.127. The van der Waals surface area contributed by atoms with Crippen molar-refractivity contribution in [2.75, 3.05) is 19.3 Å². The van der Waals surface area contributed by atoms with E-state index in [0.717, 1.165) is 27.5 Å². The van der Waals surface area contributed by atoms with Gasteiger partial charge in [0, 0.05) is 49.2 Å². The zero-order valence-electron chi connectivity index (χ0n) is 14.6. The largest absolute Gasteiger partial charge is 0.382 e. The molecule has 0 saturated carbocycles. The van der Waals surface area contributed by atoms with Crippen molar-refractivity contribution in [1.82, 2.24) is 29.9 Å². The summed E-state index contributed by atoms with van der Waals surface area (Å²) in [5.74, 6) is 0.424. The van der Waals surface area contributed by atoms with Gasteiger partial charge in [-0.3, -0.25) is 14.6 Å². The number of benzene rings is 1. The third-order valence-corrected chi connectivity index (χ3v) is 4.55. The van der Waals surface area contributed by atoms with Crippen LogP contribution in [0.5, 0.6) is 0 Å². The zero-order valence-corrected chi connectivity index (χ0v) is 14.6. The second-order valence-corrected chi connectivity index (χ2v) is 6.29. The first-order chi connectivity index (χ1) is 12.5. The summed E-state index contributed by atoms with van der Waals surface area (Å²) in [5.41, 5.74) is 9.55. The highest BCUT2D eigenvalue weighted by Crippen LogP contribution is 2.29. The van der Waals surface area contributed by atoms with Crippen LogP contribution in [0.1, 0.15) is 6.92 Å². The van der Waals surface area contributed by atoms with Crippen molar-refractivity contribution in [3.63, 3.8) is 0 Å². The molecule has 8 nitrogen and oxygen atoms in total. The maximum Gasteiger partial charge on any atom is 0.219 e. The zero-order chi connectivity index (χ0) is 18.3. The highest BCUT2D eigenvalue weighted by molar-refractivity contribution is 6.08. The number of amides is 1. The minimum Gasteiger partial charge on any atom is -0.382 e. The van der Waals surface area contributed by atoms with Crippen LogP contribution < -0.4 is 5.73 Å². The average Bonchev–Trinajstić information content (AvgIpc) is 3.29. The third kappa shape index (κ3) is 2.75. The molecule has 0 saturated heterocycles. The fourth-order valence-corrected chi connectivity index (χ4v) is 2.95. The van der Waals surface area contributed by atoms with Crippen LogP contribution in [0.4, 0.5) is 5.82 Å². The quantitative estimate of drug-likeness (QED) is 0.586. The van der Waals surface area contributed by atoms with Crippen LogP contribution >= 0.6 is 0 Å². The molecule has 132 valence electrons. The van der Waals surface area contributed by atoms with Crippen molar-refractivity contribution in [1.29, 1.82) is 0 Å². The molecule has 8 heteroatoms. The molecule has 0 aliphatic carbocycles. The average molecular weight is 349 g/mol. The van der Waals surface area contributed by atoms with Gasteiger partial charge < -0.3 is 10.6 Å². The van der Waals surface area contributed by atoms with Gasteiger partial charge in [-0.1, -0.05) is 12.1 Å². The van der Waals surface area contributed by atoms with Crippen LogP contribution in [0.2, 0.25) is 0 Å². The summed E-state index contributed by atoms with van der Waals surface area (Å²) in [6.07, 6.45) is 3.67. The van der Waals surface area contributed by atoms with Crippen molar-refractivity contribution in [2.24, 2.45) is 0 Å². The first kappa shape index (κ1) is 16.1. The smallest absolute Gasteiger partial charge is 0.219 e. The van der Waals surface area contributed by atoms with Gasteiger partial charge in [0.15, 0.2) is 5.82 Å². The Morgan fingerprint density at radius 3 is 2.88 bits per heavy atom. The number of nitrogens with zero attached hydrogens (tertiary/aromatic N) is 5. The van der Waals surface area contributed by atoms with Crippen molar-refractivity contribution in [2.45, 2.75) is 13.5 Å². The molecule has 0 spiro atoms. The van der Waals surface area contributed by atoms with Crippen LogP contribution in [-0.4, -0.2) is 49.4 Å². The van der Waals surface area contributed by atoms with E-state index in [1.54, 1.807) is 25.1 Å². The lowest BCUT2D eigenvalue weighted by Crippen LogP contribution is -2.27. The van der Waals surface area contributed by atoms with E-state index in [9.17, 15) is 4.79 Å². The number of anilines is 1. The summed E-state index contributed by atoms with van der Waals surface area (Å²) in [6.45, 7) is 2.72. The molecule has 0 aliphatic heterocycles. The van der Waals surface area contributed by atoms with Crippen LogP contribution in [-0.2, 0) is 11.3 Å². The number of hydrogen-bond acceptors (Lipinski definition) is 5. The molecule has 3 heterocycles. The maximum atomic E-state index is 11.4. The number of pyridine rings is 1. The Morgan fingerprint density at radius 1 is 1.31 bits per heavy atom. The van der Waals surface area contributed by atoms with E-state index in [4.69, 9.17) is 5.73 Å². The van der Waals surface area contributed by atoms with Gasteiger partial charge >= 0.3 is 0 Å². The van der Waals surface area contributed by atoms with Gasteiger partial charge in [0.2, 0.25) is 5.91 Å². The van der Waals surface area contributed by atoms with Gasteiger partial charge in [0.05, 0.1) is 17.8 Å². The number of carbonyl (C=O) groups excluding carboxylic acids is 1. The fourth-order valence-electron chi connectivity index (χ4n) is 2.95. The second kappa shape index (κ2) is 6.14. The Morgan fingerprint density at radius 2 is 2.15 bits per heavy atom. The van der Waals surface area contributed by atoms with E-state index >= 15 is 0 Å². The number of nitrogens with one attached hydrogen (secondary N) is 1. The predicted molar refractivity (Wildman–Crippen MR) is 100 cm³/mol. The molecule has 1 aromatic carbocycles. The first-order valence-electron chi connectivity index (χ1n) is 8.31. The van der Waals surface area contributed by atoms with Gasteiger partial charge in [-0.25, -0.2) is 4.98 Å². The number of aromatic amines is 1. The number of aromatic nitrogens is 5. The number of nitrogens with two attached hydrogens (primary N) is 1. The van der Waals surface area contributed by atoms with E-state index in [-0.39, 0.29) is 5.91 Å². The molecule has 0 aliphatic rings. The third-order valence-electron chi connectivity index (χ3n) is 4.55. The summed E-state index contributed by atoms with van der Waals surface area (Å²) in [7, 11) is 1.77. The number of carbonyl (C=O) groups is 1. The normalized spacial score (nSPS) is 11.3. The van der Waals surface area contributed by atoms with Crippen LogP contribution in [0.3, 0.4) is 0 Å². The SMILES string of the molecule is CC(=O)N(C)CCn1cc2c(n1)c(N)nc1cc(-c3ccn[nH]3)ccc12. The standard InChI is InChI=1S/C18H19N7O/c1-11(26)24(2)7-8-25-10-14-13-4-3-12(15-5-6-20-22-15)9-16(13)21-18(19)17(14)23-25/h3-6,9-10H,7-8H2,1-2H3,(H2,19,21)(H,20,22). The molecular weight excluding hydrogens is 330 g/mol. The highest BCUT2D eigenvalue weighted by atomic mass is 16.2. The minimum absolute atomic E-state index is 0.0275. The van der Waals surface area contributed by atoms with E-state index < -0.39 is 0 Å². The lowest BCUT2D eigenvalue weighted by Gasteiger charge is -2.13. The Bertz CT molecular complexity index is 1100. The van der Waals surface area contributed by atoms with Crippen molar-refractivity contribution in [3.05, 3.63) is 36.7 Å². The summed E-state index contributed by atoms with van der Waals surface area (Å²) in [5, 5.41) is 13.4. The first-order valence-corrected chi connectivity index (χ1v) is 8.31. The molecule has 3 N–H and O–H groups in total. The molecule has 1 amide bonds. The van der Waals surface area contributed by atoms with Gasteiger partial charge in [-0.05, 0) is 12.1 Å². The van der Waals surface area contributed by atoms with E-state index in [2.05, 4.69) is 20.3 Å². The molecule has 0 radical (unpaired) electrons. The summed E-state index contributed by atoms with van der Waals surface area (Å²) >= 11 is 0. The molecule has 0 unspecified atom stereocenters. The lowest BCUT2D eigenvalue weighted by atomic mass is 10.1. The number of rotatable bonds is 4. The van der Waals surface area contributed by atoms with Crippen LogP contribution in [0.25, 0.3) is 33.1 Å². The van der Waals surface area contributed by atoms with E-state index in [1.807, 2.05) is 35.1 Å². The van der Waals surface area contributed by atoms with Crippen molar-refractivity contribution < 1.29 is 4.79 Å². The molecule has 0 bridgehead atoms. The van der Waals surface area contributed by atoms with Crippen LogP contribution in [0.15, 0.2) is 36.7 Å². The summed E-state index contributed by atoms with van der Waals surface area (Å²) in [6, 6.07) is 7.94. The molecule has 0 atom stereocenters. The molecule has 3 aromatic heterocycles. The number of nitrogen functional groups attached to an aromatic ring is 1. The fraction of sp³-hybridized carbons (Fsp3) is 0.222. The minimum atomic E-state index is 0.0275. The van der Waals surface area contributed by atoms with Crippen molar-refractivity contribution >= 4 is 33.5 Å². The molecule has 26 heavy (non-hydrogen) atoms. The van der Waals surface area contributed by atoms with Gasteiger partial charge in [-0.2, -0.15) is 10.2 Å². The summed E-state index contributed by atoms with van der Waals surface area (Å²) in [4.78, 5) is 17.5. The maximum absolute atomic E-state index is 11.4. The Labute approximate surface area is 149 Å². The Hall–Kier alpha value is -3.42. The second-order valence-electron chi connectivity index (χ2n) is 6.29. The monoisotopic (exact) mass is 349 g/mol. The van der Waals surface area contributed by atoms with Gasteiger partial charge in [0.25, 0.3) is 0 Å². The van der Waals surface area contributed by atoms with Gasteiger partial charge in [-0.15, -0.1) is 0 Å². The number of likely N-dealkylation sites (N-methyl/N-ethyl adjacent to an activating group) is 1. The van der Waals surface area contributed by atoms with Gasteiger partial charge in [0.1, 0.15) is 5.52 Å². The molecular formula is C18H19N7O. The number of H-pyrrole nitrogens is 1. The summed E-state index contributed by atoms with van der Waals surface area (Å²) < 4.78 is 1.81. The molecule has 4 aromatic rings. The molecule has 0 fully saturated rings. The topological polar surface area (TPSA) is 106 Å². The number of fused-ring (bicyclic) bond motifs is 3. The van der Waals surface area contributed by atoms with Crippen LogP contribution in [0, 0.1) is 0 Å². The number of hydrogen-bond donors (Lipinski definition) is 2.